The predicted molar refractivity (Wildman–Crippen MR) is 81.0 cm³/mol. The van der Waals surface area contributed by atoms with Crippen molar-refractivity contribution in [3.8, 4) is 0 Å². The number of aromatic nitrogens is 1. The summed E-state index contributed by atoms with van der Waals surface area (Å²) < 4.78 is 0. The average Bonchev–Trinajstić information content (AvgIpc) is 3.29. The van der Waals surface area contributed by atoms with E-state index in [0.29, 0.717) is 12.2 Å². The summed E-state index contributed by atoms with van der Waals surface area (Å²) in [7, 11) is 0. The van der Waals surface area contributed by atoms with Crippen molar-refractivity contribution in [1.82, 2.24) is 15.2 Å². The number of likely N-dealkylation sites (N-methyl/N-ethyl adjacent to an activating group) is 1. The number of nitrogens with zero attached hydrogens (tertiary/aromatic N) is 2. The SMILES string of the molecule is CCNC(=O)c1cc(NCCN(CC)C2CC2)ccn1. The van der Waals surface area contributed by atoms with Gasteiger partial charge in [-0.1, -0.05) is 6.92 Å². The Kier molecular flexibility index (Phi) is 5.35. The van der Waals surface area contributed by atoms with Crippen LogP contribution < -0.4 is 10.6 Å². The van der Waals surface area contributed by atoms with Crippen molar-refractivity contribution in [2.24, 2.45) is 0 Å². The minimum atomic E-state index is -0.121. The Labute approximate surface area is 120 Å². The van der Waals surface area contributed by atoms with Crippen molar-refractivity contribution < 1.29 is 4.79 Å². The summed E-state index contributed by atoms with van der Waals surface area (Å²) in [5.74, 6) is -0.121. The van der Waals surface area contributed by atoms with Gasteiger partial charge in [-0.2, -0.15) is 0 Å². The highest BCUT2D eigenvalue weighted by molar-refractivity contribution is 5.93. The van der Waals surface area contributed by atoms with Crippen molar-refractivity contribution >= 4 is 11.6 Å². The van der Waals surface area contributed by atoms with E-state index in [2.05, 4.69) is 27.4 Å². The number of amides is 1. The van der Waals surface area contributed by atoms with Crippen LogP contribution >= 0.6 is 0 Å². The standard InChI is InChI=1S/C15H24N4O/c1-3-16-15(20)14-11-12(7-8-18-14)17-9-10-19(4-2)13-5-6-13/h7-8,11,13H,3-6,9-10H2,1-2H3,(H,16,20)(H,17,18). The first kappa shape index (κ1) is 14.8. The summed E-state index contributed by atoms with van der Waals surface area (Å²) >= 11 is 0. The molecular weight excluding hydrogens is 252 g/mol. The topological polar surface area (TPSA) is 57.3 Å². The van der Waals surface area contributed by atoms with Gasteiger partial charge in [0.1, 0.15) is 5.69 Å². The Balaban J connectivity index is 1.83. The Hall–Kier alpha value is -1.62. The number of pyridine rings is 1. The summed E-state index contributed by atoms with van der Waals surface area (Å²) in [6, 6.07) is 4.50. The van der Waals surface area contributed by atoms with Crippen LogP contribution in [0, 0.1) is 0 Å². The zero-order valence-corrected chi connectivity index (χ0v) is 12.4. The number of anilines is 1. The number of nitrogens with one attached hydrogen (secondary N) is 2. The van der Waals surface area contributed by atoms with Gasteiger partial charge in [-0.25, -0.2) is 0 Å². The molecule has 0 atom stereocenters. The Morgan fingerprint density at radius 1 is 1.45 bits per heavy atom. The maximum absolute atomic E-state index is 11.7. The molecule has 1 aliphatic rings. The first-order valence-corrected chi connectivity index (χ1v) is 7.46. The molecule has 0 aromatic carbocycles. The van der Waals surface area contributed by atoms with E-state index in [1.807, 2.05) is 13.0 Å². The summed E-state index contributed by atoms with van der Waals surface area (Å²) in [5, 5.41) is 6.13. The maximum Gasteiger partial charge on any atom is 0.269 e. The fourth-order valence-electron chi connectivity index (χ4n) is 2.30. The molecular formula is C15H24N4O. The molecule has 110 valence electrons. The molecule has 0 spiro atoms. The lowest BCUT2D eigenvalue weighted by Gasteiger charge is -2.20. The minimum absolute atomic E-state index is 0.121. The molecule has 0 unspecified atom stereocenters. The monoisotopic (exact) mass is 276 g/mol. The highest BCUT2D eigenvalue weighted by atomic mass is 16.1. The normalized spacial score (nSPS) is 14.3. The van der Waals surface area contributed by atoms with Gasteiger partial charge in [-0.3, -0.25) is 14.7 Å². The molecule has 2 rings (SSSR count). The molecule has 1 amide bonds. The van der Waals surface area contributed by atoms with E-state index in [4.69, 9.17) is 0 Å². The second-order valence-electron chi connectivity index (χ2n) is 5.08. The van der Waals surface area contributed by atoms with Crippen molar-refractivity contribution in [2.45, 2.75) is 32.7 Å². The van der Waals surface area contributed by atoms with Crippen molar-refractivity contribution in [2.75, 3.05) is 31.5 Å². The van der Waals surface area contributed by atoms with Gasteiger partial charge in [0.05, 0.1) is 0 Å². The molecule has 1 aromatic rings. The predicted octanol–water partition coefficient (Wildman–Crippen LogP) is 1.73. The molecule has 0 aliphatic heterocycles. The fraction of sp³-hybridized carbons (Fsp3) is 0.600. The average molecular weight is 276 g/mol. The van der Waals surface area contributed by atoms with Crippen LogP contribution in [0.3, 0.4) is 0 Å². The fourth-order valence-corrected chi connectivity index (χ4v) is 2.30. The first-order chi connectivity index (χ1) is 9.74. The van der Waals surface area contributed by atoms with Crippen LogP contribution in [0.1, 0.15) is 37.2 Å². The molecule has 2 N–H and O–H groups in total. The molecule has 1 aliphatic carbocycles. The molecule has 5 heteroatoms. The number of carbonyl (C=O) groups is 1. The van der Waals surface area contributed by atoms with Crippen LogP contribution in [0.2, 0.25) is 0 Å². The third kappa shape index (κ3) is 4.20. The highest BCUT2D eigenvalue weighted by Gasteiger charge is 2.27. The molecule has 1 heterocycles. The molecule has 1 saturated carbocycles. The second kappa shape index (κ2) is 7.24. The molecule has 0 saturated heterocycles. The van der Waals surface area contributed by atoms with Gasteiger partial charge >= 0.3 is 0 Å². The zero-order chi connectivity index (χ0) is 14.4. The molecule has 20 heavy (non-hydrogen) atoms. The van der Waals surface area contributed by atoms with Gasteiger partial charge in [0.2, 0.25) is 0 Å². The van der Waals surface area contributed by atoms with Gasteiger partial charge in [-0.05, 0) is 38.4 Å². The second-order valence-corrected chi connectivity index (χ2v) is 5.08. The van der Waals surface area contributed by atoms with E-state index in [1.54, 1.807) is 12.3 Å². The Morgan fingerprint density at radius 2 is 2.25 bits per heavy atom. The lowest BCUT2D eigenvalue weighted by atomic mass is 10.3. The third-order valence-corrected chi connectivity index (χ3v) is 3.53. The van der Waals surface area contributed by atoms with Crippen LogP contribution in [-0.2, 0) is 0 Å². The first-order valence-electron chi connectivity index (χ1n) is 7.46. The largest absolute Gasteiger partial charge is 0.384 e. The number of carbonyl (C=O) groups excluding carboxylic acids is 1. The van der Waals surface area contributed by atoms with E-state index in [0.717, 1.165) is 31.4 Å². The van der Waals surface area contributed by atoms with Gasteiger partial charge in [0, 0.05) is 37.6 Å². The van der Waals surface area contributed by atoms with Crippen LogP contribution in [-0.4, -0.2) is 48.0 Å². The van der Waals surface area contributed by atoms with Crippen LogP contribution in [0.4, 0.5) is 5.69 Å². The summed E-state index contributed by atoms with van der Waals surface area (Å²) in [6.45, 7) is 7.76. The molecule has 5 nitrogen and oxygen atoms in total. The van der Waals surface area contributed by atoms with Gasteiger partial charge in [0.25, 0.3) is 5.91 Å². The third-order valence-electron chi connectivity index (χ3n) is 3.53. The van der Waals surface area contributed by atoms with Crippen LogP contribution in [0.5, 0.6) is 0 Å². The van der Waals surface area contributed by atoms with E-state index in [1.165, 1.54) is 12.8 Å². The van der Waals surface area contributed by atoms with E-state index < -0.39 is 0 Å². The van der Waals surface area contributed by atoms with E-state index in [9.17, 15) is 4.79 Å². The lowest BCUT2D eigenvalue weighted by Crippen LogP contribution is -2.31. The van der Waals surface area contributed by atoms with Gasteiger partial charge in [0.15, 0.2) is 0 Å². The van der Waals surface area contributed by atoms with Crippen LogP contribution in [0.15, 0.2) is 18.3 Å². The maximum atomic E-state index is 11.7. The Morgan fingerprint density at radius 3 is 2.90 bits per heavy atom. The summed E-state index contributed by atoms with van der Waals surface area (Å²) in [5.41, 5.74) is 1.42. The van der Waals surface area contributed by atoms with Gasteiger partial charge < -0.3 is 10.6 Å². The number of hydrogen-bond donors (Lipinski definition) is 2. The van der Waals surface area contributed by atoms with Gasteiger partial charge in [-0.15, -0.1) is 0 Å². The summed E-state index contributed by atoms with van der Waals surface area (Å²) in [4.78, 5) is 18.3. The highest BCUT2D eigenvalue weighted by Crippen LogP contribution is 2.25. The molecule has 0 bridgehead atoms. The van der Waals surface area contributed by atoms with Crippen LogP contribution in [0.25, 0.3) is 0 Å². The number of hydrogen-bond acceptors (Lipinski definition) is 4. The van der Waals surface area contributed by atoms with Crippen molar-refractivity contribution in [3.63, 3.8) is 0 Å². The van der Waals surface area contributed by atoms with Crippen molar-refractivity contribution in [3.05, 3.63) is 24.0 Å². The molecule has 1 fully saturated rings. The van der Waals surface area contributed by atoms with Crippen molar-refractivity contribution in [1.29, 1.82) is 0 Å². The lowest BCUT2D eigenvalue weighted by molar-refractivity contribution is 0.0951. The molecule has 1 aromatic heterocycles. The smallest absolute Gasteiger partial charge is 0.269 e. The number of rotatable bonds is 8. The van der Waals surface area contributed by atoms with E-state index >= 15 is 0 Å². The summed E-state index contributed by atoms with van der Waals surface area (Å²) in [6.07, 6.45) is 4.35. The molecule has 0 radical (unpaired) electrons. The quantitative estimate of drug-likeness (QED) is 0.759. The zero-order valence-electron chi connectivity index (χ0n) is 12.4. The Bertz CT molecular complexity index is 445. The van der Waals surface area contributed by atoms with E-state index in [-0.39, 0.29) is 5.91 Å². The minimum Gasteiger partial charge on any atom is -0.384 e.